The van der Waals surface area contributed by atoms with Crippen molar-refractivity contribution in [2.75, 3.05) is 23.3 Å². The number of anilines is 2. The number of urea groups is 1. The molecule has 21 heavy (non-hydrogen) atoms. The van der Waals surface area contributed by atoms with Crippen LogP contribution in [0.4, 0.5) is 15.6 Å². The van der Waals surface area contributed by atoms with Crippen molar-refractivity contribution in [1.29, 1.82) is 0 Å². The van der Waals surface area contributed by atoms with Crippen LogP contribution in [0.15, 0.2) is 35.8 Å². The Morgan fingerprint density at radius 2 is 2.33 bits per heavy atom. The number of rotatable bonds is 4. The van der Waals surface area contributed by atoms with Gasteiger partial charge in [0.25, 0.3) is 0 Å². The first-order chi connectivity index (χ1) is 10.2. The monoisotopic (exact) mass is 302 g/mol. The van der Waals surface area contributed by atoms with Gasteiger partial charge in [0.2, 0.25) is 0 Å². The molecule has 0 saturated heterocycles. The predicted octanol–water partition coefficient (Wildman–Crippen LogP) is 2.72. The minimum Gasteiger partial charge on any atom is -0.366 e. The summed E-state index contributed by atoms with van der Waals surface area (Å²) in [6.45, 7) is 3.74. The number of carbonyl (C=O) groups excluding carboxylic acids is 1. The minimum atomic E-state index is -0.204. The van der Waals surface area contributed by atoms with Gasteiger partial charge in [-0.05, 0) is 25.0 Å². The number of nitrogens with zero attached hydrogens (tertiary/aromatic N) is 2. The molecule has 0 bridgehead atoms. The second-order valence-corrected chi connectivity index (χ2v) is 5.99. The first-order valence-corrected chi connectivity index (χ1v) is 7.91. The third-order valence-electron chi connectivity index (χ3n) is 3.67. The molecule has 110 valence electrons. The highest BCUT2D eigenvalue weighted by Gasteiger charge is 2.23. The molecule has 3 rings (SSSR count). The van der Waals surface area contributed by atoms with Crippen LogP contribution in [0.3, 0.4) is 0 Å². The van der Waals surface area contributed by atoms with Crippen LogP contribution in [0.2, 0.25) is 0 Å². The molecule has 1 aromatic carbocycles. The number of nitrogens with one attached hydrogen (secondary N) is 2. The van der Waals surface area contributed by atoms with E-state index in [1.54, 1.807) is 6.20 Å². The molecular weight excluding hydrogens is 284 g/mol. The number of hydrogen-bond acceptors (Lipinski definition) is 4. The zero-order valence-corrected chi connectivity index (χ0v) is 12.7. The Bertz CT molecular complexity index is 614. The molecule has 2 aromatic rings. The van der Waals surface area contributed by atoms with Crippen LogP contribution in [-0.2, 0) is 6.42 Å². The largest absolute Gasteiger partial charge is 0.366 e. The molecule has 0 saturated carbocycles. The fraction of sp³-hybridized carbons (Fsp3) is 0.333. The van der Waals surface area contributed by atoms with E-state index in [2.05, 4.69) is 51.7 Å². The summed E-state index contributed by atoms with van der Waals surface area (Å²) in [5, 5.41) is 8.08. The summed E-state index contributed by atoms with van der Waals surface area (Å²) in [4.78, 5) is 18.2. The summed E-state index contributed by atoms with van der Waals surface area (Å²) in [6, 6.07) is 8.51. The van der Waals surface area contributed by atoms with E-state index in [-0.39, 0.29) is 12.1 Å². The molecule has 1 atom stereocenters. The molecule has 0 unspecified atom stereocenters. The smallest absolute Gasteiger partial charge is 0.321 e. The van der Waals surface area contributed by atoms with Gasteiger partial charge in [-0.25, -0.2) is 9.78 Å². The SMILES string of the molecule is C[C@H](CNC(=O)Nc1nccs1)N1CCc2ccccc21. The number of aromatic nitrogens is 1. The number of amides is 2. The van der Waals surface area contributed by atoms with Crippen molar-refractivity contribution in [2.24, 2.45) is 0 Å². The van der Waals surface area contributed by atoms with Crippen molar-refractivity contribution in [3.05, 3.63) is 41.4 Å². The Labute approximate surface area is 128 Å². The van der Waals surface area contributed by atoms with Gasteiger partial charge < -0.3 is 10.2 Å². The van der Waals surface area contributed by atoms with Crippen LogP contribution in [0, 0.1) is 0 Å². The van der Waals surface area contributed by atoms with E-state index < -0.39 is 0 Å². The Morgan fingerprint density at radius 3 is 3.14 bits per heavy atom. The second kappa shape index (κ2) is 6.13. The lowest BCUT2D eigenvalue weighted by Crippen LogP contribution is -2.42. The van der Waals surface area contributed by atoms with Crippen LogP contribution in [0.1, 0.15) is 12.5 Å². The third-order valence-corrected chi connectivity index (χ3v) is 4.35. The van der Waals surface area contributed by atoms with E-state index in [0.29, 0.717) is 11.7 Å². The van der Waals surface area contributed by atoms with Crippen LogP contribution < -0.4 is 15.5 Å². The topological polar surface area (TPSA) is 57.3 Å². The highest BCUT2D eigenvalue weighted by molar-refractivity contribution is 7.13. The zero-order chi connectivity index (χ0) is 14.7. The number of para-hydroxylation sites is 1. The maximum atomic E-state index is 11.8. The highest BCUT2D eigenvalue weighted by Crippen LogP contribution is 2.28. The Hall–Kier alpha value is -2.08. The lowest BCUT2D eigenvalue weighted by Gasteiger charge is -2.27. The summed E-state index contributed by atoms with van der Waals surface area (Å²) >= 11 is 1.41. The van der Waals surface area contributed by atoms with Crippen molar-refractivity contribution in [3.63, 3.8) is 0 Å². The van der Waals surface area contributed by atoms with Crippen molar-refractivity contribution < 1.29 is 4.79 Å². The number of hydrogen-bond donors (Lipinski definition) is 2. The van der Waals surface area contributed by atoms with E-state index in [1.807, 2.05) is 5.38 Å². The van der Waals surface area contributed by atoms with Gasteiger partial charge in [0.05, 0.1) is 0 Å². The van der Waals surface area contributed by atoms with Crippen molar-refractivity contribution in [3.8, 4) is 0 Å². The summed E-state index contributed by atoms with van der Waals surface area (Å²) in [6.07, 6.45) is 2.75. The average Bonchev–Trinajstić information content (AvgIpc) is 3.13. The lowest BCUT2D eigenvalue weighted by molar-refractivity contribution is 0.251. The van der Waals surface area contributed by atoms with Crippen LogP contribution in [0.5, 0.6) is 0 Å². The van der Waals surface area contributed by atoms with Gasteiger partial charge in [-0.1, -0.05) is 18.2 Å². The molecule has 0 radical (unpaired) electrons. The van der Waals surface area contributed by atoms with Crippen molar-refractivity contribution in [2.45, 2.75) is 19.4 Å². The second-order valence-electron chi connectivity index (χ2n) is 5.09. The van der Waals surface area contributed by atoms with E-state index in [0.717, 1.165) is 13.0 Å². The number of benzene rings is 1. The summed E-state index contributed by atoms with van der Waals surface area (Å²) in [5.41, 5.74) is 2.67. The molecule has 2 N–H and O–H groups in total. The summed E-state index contributed by atoms with van der Waals surface area (Å²) < 4.78 is 0. The fourth-order valence-electron chi connectivity index (χ4n) is 2.60. The molecule has 0 aliphatic carbocycles. The quantitative estimate of drug-likeness (QED) is 0.913. The molecule has 6 heteroatoms. The number of thiazole rings is 1. The highest BCUT2D eigenvalue weighted by atomic mass is 32.1. The fourth-order valence-corrected chi connectivity index (χ4v) is 3.12. The summed E-state index contributed by atoms with van der Waals surface area (Å²) in [7, 11) is 0. The van der Waals surface area contributed by atoms with E-state index in [1.165, 1.54) is 22.6 Å². The van der Waals surface area contributed by atoms with E-state index in [4.69, 9.17) is 0 Å². The summed E-state index contributed by atoms with van der Waals surface area (Å²) in [5.74, 6) is 0. The van der Waals surface area contributed by atoms with Gasteiger partial charge >= 0.3 is 6.03 Å². The average molecular weight is 302 g/mol. The van der Waals surface area contributed by atoms with E-state index in [9.17, 15) is 4.79 Å². The normalized spacial score (nSPS) is 14.6. The molecule has 2 heterocycles. The first-order valence-electron chi connectivity index (χ1n) is 7.03. The number of carbonyl (C=O) groups is 1. The van der Waals surface area contributed by atoms with E-state index >= 15 is 0 Å². The number of fused-ring (bicyclic) bond motifs is 1. The molecule has 0 spiro atoms. The standard InChI is InChI=1S/C15H18N4OS/c1-11(10-17-14(20)18-15-16-7-9-21-15)19-8-6-12-4-2-3-5-13(12)19/h2-5,7,9,11H,6,8,10H2,1H3,(H2,16,17,18,20)/t11-/m1/s1. The Balaban J connectivity index is 1.53. The van der Waals surface area contributed by atoms with Gasteiger partial charge in [-0.15, -0.1) is 11.3 Å². The first kappa shape index (κ1) is 13.9. The van der Waals surface area contributed by atoms with Gasteiger partial charge in [0.15, 0.2) is 5.13 Å². The van der Waals surface area contributed by atoms with Crippen LogP contribution in [0.25, 0.3) is 0 Å². The third kappa shape index (κ3) is 3.16. The Kier molecular flexibility index (Phi) is 4.06. The van der Waals surface area contributed by atoms with Gasteiger partial charge in [-0.3, -0.25) is 5.32 Å². The Morgan fingerprint density at radius 1 is 1.48 bits per heavy atom. The maximum absolute atomic E-state index is 11.8. The van der Waals surface area contributed by atoms with Gasteiger partial charge in [0.1, 0.15) is 0 Å². The van der Waals surface area contributed by atoms with Crippen LogP contribution >= 0.6 is 11.3 Å². The van der Waals surface area contributed by atoms with Crippen molar-refractivity contribution in [1.82, 2.24) is 10.3 Å². The molecule has 2 amide bonds. The molecule has 1 aliphatic heterocycles. The zero-order valence-electron chi connectivity index (χ0n) is 11.9. The minimum absolute atomic E-state index is 0.204. The predicted molar refractivity (Wildman–Crippen MR) is 86.1 cm³/mol. The molecule has 5 nitrogen and oxygen atoms in total. The van der Waals surface area contributed by atoms with Gasteiger partial charge in [0, 0.05) is 36.4 Å². The van der Waals surface area contributed by atoms with Crippen molar-refractivity contribution >= 4 is 28.2 Å². The molecular formula is C15H18N4OS. The van der Waals surface area contributed by atoms with Gasteiger partial charge in [-0.2, -0.15) is 0 Å². The van der Waals surface area contributed by atoms with Crippen LogP contribution in [-0.4, -0.2) is 30.1 Å². The molecule has 1 aliphatic rings. The lowest BCUT2D eigenvalue weighted by atomic mass is 10.2. The maximum Gasteiger partial charge on any atom is 0.321 e. The molecule has 0 fully saturated rings. The molecule has 1 aromatic heterocycles.